The third-order valence-corrected chi connectivity index (χ3v) is 5.61. The van der Waals surface area contributed by atoms with E-state index in [0.29, 0.717) is 43.0 Å². The lowest BCUT2D eigenvalue weighted by molar-refractivity contribution is -0.142. The van der Waals surface area contributed by atoms with Gasteiger partial charge in [0.2, 0.25) is 5.91 Å². The molecular formula is C20H24F2N4O3. The second-order valence-corrected chi connectivity index (χ2v) is 7.42. The Morgan fingerprint density at radius 2 is 2.00 bits per heavy atom. The summed E-state index contributed by atoms with van der Waals surface area (Å²) >= 11 is 0. The van der Waals surface area contributed by atoms with Gasteiger partial charge in [-0.15, -0.1) is 0 Å². The first-order chi connectivity index (χ1) is 14.0. The quantitative estimate of drug-likeness (QED) is 0.730. The molecule has 29 heavy (non-hydrogen) atoms. The normalized spacial score (nSPS) is 20.9. The molecule has 156 valence electrons. The zero-order valence-corrected chi connectivity index (χ0v) is 16.1. The number of likely N-dealkylation sites (tertiary alicyclic amines) is 1. The van der Waals surface area contributed by atoms with Gasteiger partial charge in [-0.1, -0.05) is 12.1 Å². The van der Waals surface area contributed by atoms with Crippen LogP contribution in [0.15, 0.2) is 29.1 Å². The van der Waals surface area contributed by atoms with E-state index < -0.39 is 18.5 Å². The van der Waals surface area contributed by atoms with Crippen molar-refractivity contribution in [3.63, 3.8) is 0 Å². The highest BCUT2D eigenvalue weighted by Crippen LogP contribution is 2.31. The van der Waals surface area contributed by atoms with Crippen molar-refractivity contribution in [1.82, 2.24) is 19.4 Å². The first kappa shape index (κ1) is 19.9. The molecule has 0 saturated carbocycles. The molecular weight excluding hydrogens is 382 g/mol. The Morgan fingerprint density at radius 1 is 1.17 bits per heavy atom. The molecule has 2 aromatic rings. The number of carbonyl (C=O) groups is 1. The molecule has 1 aromatic heterocycles. The molecule has 0 spiro atoms. The van der Waals surface area contributed by atoms with E-state index in [1.807, 2.05) is 0 Å². The SMILES string of the molecule is O=C1COCCN1CCN1CCCC1c1nc2ccccc2c(=O)n1CC(F)F. The van der Waals surface area contributed by atoms with Crippen LogP contribution in [-0.4, -0.2) is 71.1 Å². The monoisotopic (exact) mass is 406 g/mol. The van der Waals surface area contributed by atoms with Crippen LogP contribution in [0.4, 0.5) is 8.78 Å². The molecule has 3 heterocycles. The molecule has 7 nitrogen and oxygen atoms in total. The molecule has 2 saturated heterocycles. The van der Waals surface area contributed by atoms with Crippen molar-refractivity contribution >= 4 is 16.8 Å². The summed E-state index contributed by atoms with van der Waals surface area (Å²) in [6.07, 6.45) is -1.01. The molecule has 0 bridgehead atoms. The van der Waals surface area contributed by atoms with E-state index in [0.717, 1.165) is 24.0 Å². The first-order valence-corrected chi connectivity index (χ1v) is 9.92. The van der Waals surface area contributed by atoms with Crippen LogP contribution in [0.3, 0.4) is 0 Å². The molecule has 9 heteroatoms. The highest BCUT2D eigenvalue weighted by Gasteiger charge is 2.31. The van der Waals surface area contributed by atoms with Gasteiger partial charge in [0.15, 0.2) is 0 Å². The minimum Gasteiger partial charge on any atom is -0.370 e. The molecule has 2 fully saturated rings. The lowest BCUT2D eigenvalue weighted by atomic mass is 10.1. The Morgan fingerprint density at radius 3 is 2.79 bits per heavy atom. The highest BCUT2D eigenvalue weighted by atomic mass is 19.3. The molecule has 0 aliphatic carbocycles. The predicted octanol–water partition coefficient (Wildman–Crippen LogP) is 1.66. The van der Waals surface area contributed by atoms with Crippen LogP contribution in [0.5, 0.6) is 0 Å². The summed E-state index contributed by atoms with van der Waals surface area (Å²) in [4.78, 5) is 33.4. The lowest BCUT2D eigenvalue weighted by Crippen LogP contribution is -2.45. The summed E-state index contributed by atoms with van der Waals surface area (Å²) in [5.74, 6) is 0.352. The van der Waals surface area contributed by atoms with Crippen molar-refractivity contribution in [2.75, 3.05) is 39.4 Å². The van der Waals surface area contributed by atoms with E-state index in [4.69, 9.17) is 4.74 Å². The topological polar surface area (TPSA) is 67.7 Å². The third-order valence-electron chi connectivity index (χ3n) is 5.61. The van der Waals surface area contributed by atoms with E-state index in [9.17, 15) is 18.4 Å². The minimum atomic E-state index is -2.64. The van der Waals surface area contributed by atoms with Crippen LogP contribution in [-0.2, 0) is 16.1 Å². The fourth-order valence-corrected chi connectivity index (χ4v) is 4.18. The van der Waals surface area contributed by atoms with Gasteiger partial charge in [-0.05, 0) is 31.5 Å². The maximum absolute atomic E-state index is 13.2. The molecule has 1 amide bonds. The fraction of sp³-hybridized carbons (Fsp3) is 0.550. The van der Waals surface area contributed by atoms with Gasteiger partial charge in [-0.3, -0.25) is 19.1 Å². The van der Waals surface area contributed by atoms with Crippen LogP contribution >= 0.6 is 0 Å². The van der Waals surface area contributed by atoms with Crippen LogP contribution in [0, 0.1) is 0 Å². The Hall–Kier alpha value is -2.39. The average Bonchev–Trinajstić information content (AvgIpc) is 3.17. The van der Waals surface area contributed by atoms with E-state index in [1.165, 1.54) is 0 Å². The van der Waals surface area contributed by atoms with E-state index in [2.05, 4.69) is 9.88 Å². The van der Waals surface area contributed by atoms with Gasteiger partial charge in [0.25, 0.3) is 12.0 Å². The summed E-state index contributed by atoms with van der Waals surface area (Å²) in [6.45, 7) is 2.44. The Balaban J connectivity index is 1.63. The fourth-order valence-electron chi connectivity index (χ4n) is 4.18. The van der Waals surface area contributed by atoms with Crippen molar-refractivity contribution in [3.05, 3.63) is 40.4 Å². The van der Waals surface area contributed by atoms with E-state index in [1.54, 1.807) is 29.2 Å². The second kappa shape index (κ2) is 8.54. The van der Waals surface area contributed by atoms with Crippen LogP contribution in [0.25, 0.3) is 10.9 Å². The molecule has 2 aliphatic heterocycles. The maximum Gasteiger partial charge on any atom is 0.261 e. The van der Waals surface area contributed by atoms with Gasteiger partial charge in [0.05, 0.1) is 30.1 Å². The van der Waals surface area contributed by atoms with Crippen LogP contribution in [0.2, 0.25) is 0 Å². The lowest BCUT2D eigenvalue weighted by Gasteiger charge is -2.31. The van der Waals surface area contributed by atoms with Gasteiger partial charge in [-0.2, -0.15) is 0 Å². The predicted molar refractivity (Wildman–Crippen MR) is 103 cm³/mol. The van der Waals surface area contributed by atoms with E-state index >= 15 is 0 Å². The number of benzene rings is 1. The number of hydrogen-bond acceptors (Lipinski definition) is 5. The zero-order chi connectivity index (χ0) is 20.4. The van der Waals surface area contributed by atoms with E-state index in [-0.39, 0.29) is 18.6 Å². The number of hydrogen-bond donors (Lipinski definition) is 0. The number of aromatic nitrogens is 2. The summed E-state index contributed by atoms with van der Waals surface area (Å²) in [5, 5.41) is 0.348. The summed E-state index contributed by atoms with van der Waals surface area (Å²) < 4.78 is 32.8. The summed E-state index contributed by atoms with van der Waals surface area (Å²) in [6, 6.07) is 6.62. The molecule has 1 unspecified atom stereocenters. The van der Waals surface area contributed by atoms with Crippen LogP contribution in [0.1, 0.15) is 24.7 Å². The number of rotatable bonds is 6. The van der Waals surface area contributed by atoms with Crippen molar-refractivity contribution in [2.24, 2.45) is 0 Å². The van der Waals surface area contributed by atoms with Gasteiger partial charge < -0.3 is 9.64 Å². The number of para-hydroxylation sites is 1. The molecule has 0 radical (unpaired) electrons. The average molecular weight is 406 g/mol. The Bertz CT molecular complexity index is 949. The largest absolute Gasteiger partial charge is 0.370 e. The van der Waals surface area contributed by atoms with Crippen LogP contribution < -0.4 is 5.56 Å². The number of alkyl halides is 2. The number of ether oxygens (including phenoxy) is 1. The first-order valence-electron chi connectivity index (χ1n) is 9.92. The number of morpholine rings is 1. The molecule has 0 N–H and O–H groups in total. The second-order valence-electron chi connectivity index (χ2n) is 7.42. The third kappa shape index (κ3) is 4.16. The van der Waals surface area contributed by atoms with Crippen molar-refractivity contribution in [3.8, 4) is 0 Å². The van der Waals surface area contributed by atoms with Crippen molar-refractivity contribution < 1.29 is 18.3 Å². The number of carbonyl (C=O) groups excluding carboxylic acids is 1. The number of amides is 1. The van der Waals surface area contributed by atoms with Gasteiger partial charge in [-0.25, -0.2) is 13.8 Å². The van der Waals surface area contributed by atoms with Gasteiger partial charge in [0, 0.05) is 19.6 Å². The number of nitrogens with zero attached hydrogens (tertiary/aromatic N) is 4. The minimum absolute atomic E-state index is 0.0366. The van der Waals surface area contributed by atoms with Gasteiger partial charge >= 0.3 is 0 Å². The Kier molecular flexibility index (Phi) is 5.86. The molecule has 1 aromatic carbocycles. The van der Waals surface area contributed by atoms with Crippen molar-refractivity contribution in [2.45, 2.75) is 31.9 Å². The maximum atomic E-state index is 13.2. The summed E-state index contributed by atoms with van der Waals surface area (Å²) in [7, 11) is 0. The number of fused-ring (bicyclic) bond motifs is 1. The molecule has 2 aliphatic rings. The highest BCUT2D eigenvalue weighted by molar-refractivity contribution is 5.78. The Labute approximate surface area is 166 Å². The number of halogens is 2. The van der Waals surface area contributed by atoms with Crippen molar-refractivity contribution in [1.29, 1.82) is 0 Å². The molecule has 1 atom stereocenters. The zero-order valence-electron chi connectivity index (χ0n) is 16.1. The standard InChI is InChI=1S/C20H24F2N4O3/c21-17(22)12-26-19(23-15-5-2-1-4-14(15)20(26)28)16-6-3-7-24(16)8-9-25-10-11-29-13-18(25)27/h1-2,4-5,16-17H,3,6-13H2. The molecule has 4 rings (SSSR count). The van der Waals surface area contributed by atoms with Gasteiger partial charge in [0.1, 0.15) is 12.4 Å². The smallest absolute Gasteiger partial charge is 0.261 e. The summed E-state index contributed by atoms with van der Waals surface area (Å²) in [5.41, 5.74) is 0.0920.